The van der Waals surface area contributed by atoms with E-state index in [2.05, 4.69) is 23.0 Å². The zero-order valence-corrected chi connectivity index (χ0v) is 8.70. The van der Waals surface area contributed by atoms with Crippen LogP contribution < -0.4 is 0 Å². The molecule has 78 valence electrons. The van der Waals surface area contributed by atoms with Crippen molar-refractivity contribution < 1.29 is 5.11 Å². The Morgan fingerprint density at radius 2 is 2.13 bits per heavy atom. The summed E-state index contributed by atoms with van der Waals surface area (Å²) in [7, 11) is 0. The predicted molar refractivity (Wildman–Crippen MR) is 59.3 cm³/mol. The van der Waals surface area contributed by atoms with Crippen molar-refractivity contribution in [2.24, 2.45) is 0 Å². The highest BCUT2D eigenvalue weighted by Crippen LogP contribution is 2.20. The first-order valence-corrected chi connectivity index (χ1v) is 5.08. The smallest absolute Gasteiger partial charge is 0.137 e. The Labute approximate surface area is 88.8 Å². The van der Waals surface area contributed by atoms with Crippen molar-refractivity contribution in [2.75, 3.05) is 0 Å². The number of imidazole rings is 1. The second-order valence-corrected chi connectivity index (χ2v) is 3.43. The van der Waals surface area contributed by atoms with Crippen LogP contribution in [0.25, 0.3) is 11.4 Å². The van der Waals surface area contributed by atoms with Gasteiger partial charge in [-0.3, -0.25) is 0 Å². The summed E-state index contributed by atoms with van der Waals surface area (Å²) >= 11 is 0. The van der Waals surface area contributed by atoms with Gasteiger partial charge in [0.2, 0.25) is 0 Å². The second kappa shape index (κ2) is 4.28. The van der Waals surface area contributed by atoms with E-state index < -0.39 is 0 Å². The number of benzene rings is 1. The van der Waals surface area contributed by atoms with Gasteiger partial charge < -0.3 is 10.1 Å². The maximum atomic E-state index is 8.95. The van der Waals surface area contributed by atoms with Crippen LogP contribution in [0.15, 0.2) is 30.5 Å². The molecule has 3 heteroatoms. The maximum Gasteiger partial charge on any atom is 0.137 e. The lowest BCUT2D eigenvalue weighted by Gasteiger charge is -2.03. The lowest BCUT2D eigenvalue weighted by molar-refractivity contribution is 0.277. The summed E-state index contributed by atoms with van der Waals surface area (Å²) in [4.78, 5) is 7.34. The maximum absolute atomic E-state index is 8.95. The van der Waals surface area contributed by atoms with Gasteiger partial charge in [0.1, 0.15) is 5.82 Å². The second-order valence-electron chi connectivity index (χ2n) is 3.43. The Morgan fingerprint density at radius 1 is 1.33 bits per heavy atom. The van der Waals surface area contributed by atoms with Gasteiger partial charge >= 0.3 is 0 Å². The minimum atomic E-state index is 0.00128. The molecule has 0 aliphatic carbocycles. The van der Waals surface area contributed by atoms with E-state index in [-0.39, 0.29) is 6.61 Å². The standard InChI is InChI=1S/C12H14N2O/c1-2-9-5-3-4-6-11(9)12-13-7-10(8-15)14-12/h3-7,15H,2,8H2,1H3,(H,13,14). The number of aromatic amines is 1. The van der Waals surface area contributed by atoms with Crippen LogP contribution >= 0.6 is 0 Å². The first-order valence-electron chi connectivity index (χ1n) is 5.08. The number of aliphatic hydroxyl groups is 1. The average molecular weight is 202 g/mol. The van der Waals surface area contributed by atoms with Crippen LogP contribution in [0.5, 0.6) is 0 Å². The van der Waals surface area contributed by atoms with Crippen molar-refractivity contribution >= 4 is 0 Å². The van der Waals surface area contributed by atoms with Crippen LogP contribution in [0.1, 0.15) is 18.2 Å². The van der Waals surface area contributed by atoms with E-state index in [0.717, 1.165) is 23.5 Å². The highest BCUT2D eigenvalue weighted by molar-refractivity contribution is 5.60. The molecule has 1 aromatic heterocycles. The van der Waals surface area contributed by atoms with Crippen LogP contribution in [-0.4, -0.2) is 15.1 Å². The fourth-order valence-electron chi connectivity index (χ4n) is 1.64. The number of aromatic nitrogens is 2. The van der Waals surface area contributed by atoms with Gasteiger partial charge in [-0.15, -0.1) is 0 Å². The molecule has 0 radical (unpaired) electrons. The molecule has 0 amide bonds. The largest absolute Gasteiger partial charge is 0.390 e. The number of H-pyrrole nitrogens is 1. The normalized spacial score (nSPS) is 10.5. The molecule has 0 spiro atoms. The third kappa shape index (κ3) is 1.92. The highest BCUT2D eigenvalue weighted by Gasteiger charge is 2.06. The summed E-state index contributed by atoms with van der Waals surface area (Å²) in [6.45, 7) is 2.12. The summed E-state index contributed by atoms with van der Waals surface area (Å²) in [5.74, 6) is 0.830. The van der Waals surface area contributed by atoms with Gasteiger partial charge in [0.25, 0.3) is 0 Å². The summed E-state index contributed by atoms with van der Waals surface area (Å²) in [6, 6.07) is 8.16. The van der Waals surface area contributed by atoms with Gasteiger partial charge in [-0.2, -0.15) is 0 Å². The van der Waals surface area contributed by atoms with E-state index >= 15 is 0 Å². The molecule has 0 atom stereocenters. The Kier molecular flexibility index (Phi) is 2.83. The summed E-state index contributed by atoms with van der Waals surface area (Å²) in [6.07, 6.45) is 2.65. The van der Waals surface area contributed by atoms with Gasteiger partial charge in [0.05, 0.1) is 18.5 Å². The van der Waals surface area contributed by atoms with Crippen LogP contribution in [-0.2, 0) is 13.0 Å². The van der Waals surface area contributed by atoms with Crippen molar-refractivity contribution in [1.29, 1.82) is 0 Å². The molecule has 0 unspecified atom stereocenters. The number of hydrogen-bond donors (Lipinski definition) is 2. The van der Waals surface area contributed by atoms with Gasteiger partial charge in [-0.1, -0.05) is 31.2 Å². The van der Waals surface area contributed by atoms with Gasteiger partial charge in [0.15, 0.2) is 0 Å². The number of aliphatic hydroxyl groups excluding tert-OH is 1. The number of aryl methyl sites for hydroxylation is 1. The predicted octanol–water partition coefficient (Wildman–Crippen LogP) is 2.13. The molecule has 1 heterocycles. The molecule has 2 N–H and O–H groups in total. The Balaban J connectivity index is 2.44. The monoisotopic (exact) mass is 202 g/mol. The van der Waals surface area contributed by atoms with Crippen LogP contribution in [0.2, 0.25) is 0 Å². The molecule has 3 nitrogen and oxygen atoms in total. The Hall–Kier alpha value is -1.61. The third-order valence-electron chi connectivity index (χ3n) is 2.45. The number of nitrogens with one attached hydrogen (secondary N) is 1. The zero-order chi connectivity index (χ0) is 10.7. The van der Waals surface area contributed by atoms with Gasteiger partial charge in [-0.25, -0.2) is 4.98 Å². The Bertz CT molecular complexity index is 448. The molecule has 0 aliphatic rings. The van der Waals surface area contributed by atoms with E-state index in [1.54, 1.807) is 6.20 Å². The molecular weight excluding hydrogens is 188 g/mol. The van der Waals surface area contributed by atoms with E-state index in [9.17, 15) is 0 Å². The molecule has 15 heavy (non-hydrogen) atoms. The van der Waals surface area contributed by atoms with Crippen molar-refractivity contribution in [2.45, 2.75) is 20.0 Å². The third-order valence-corrected chi connectivity index (χ3v) is 2.45. The van der Waals surface area contributed by atoms with Crippen molar-refractivity contribution in [1.82, 2.24) is 9.97 Å². The highest BCUT2D eigenvalue weighted by atomic mass is 16.3. The lowest BCUT2D eigenvalue weighted by atomic mass is 10.1. The quantitative estimate of drug-likeness (QED) is 0.801. The molecule has 0 fully saturated rings. The molecule has 0 saturated carbocycles. The number of rotatable bonds is 3. The minimum Gasteiger partial charge on any atom is -0.390 e. The first-order chi connectivity index (χ1) is 7.35. The van der Waals surface area contributed by atoms with E-state index in [0.29, 0.717) is 0 Å². The summed E-state index contributed by atoms with van der Waals surface area (Å²) in [5, 5.41) is 8.95. The number of hydrogen-bond acceptors (Lipinski definition) is 2. The molecule has 0 saturated heterocycles. The van der Waals surface area contributed by atoms with Crippen LogP contribution in [0.3, 0.4) is 0 Å². The van der Waals surface area contributed by atoms with Crippen molar-refractivity contribution in [3.8, 4) is 11.4 Å². The lowest BCUT2D eigenvalue weighted by Crippen LogP contribution is -1.89. The van der Waals surface area contributed by atoms with Crippen molar-refractivity contribution in [3.05, 3.63) is 41.7 Å². The van der Waals surface area contributed by atoms with Crippen LogP contribution in [0.4, 0.5) is 0 Å². The molecule has 2 rings (SSSR count). The topological polar surface area (TPSA) is 48.9 Å². The molecule has 2 aromatic rings. The molecule has 0 bridgehead atoms. The van der Waals surface area contributed by atoms with Crippen LogP contribution in [0, 0.1) is 0 Å². The summed E-state index contributed by atoms with van der Waals surface area (Å²) in [5.41, 5.74) is 3.12. The molecular formula is C12H14N2O. The van der Waals surface area contributed by atoms with E-state index in [1.165, 1.54) is 5.56 Å². The molecule has 1 aromatic carbocycles. The zero-order valence-electron chi connectivity index (χ0n) is 8.70. The number of nitrogens with zero attached hydrogens (tertiary/aromatic N) is 1. The average Bonchev–Trinajstić information content (AvgIpc) is 2.77. The fraction of sp³-hybridized carbons (Fsp3) is 0.250. The van der Waals surface area contributed by atoms with Gasteiger partial charge in [-0.05, 0) is 12.0 Å². The summed E-state index contributed by atoms with van der Waals surface area (Å²) < 4.78 is 0. The SMILES string of the molecule is CCc1ccccc1-c1ncc(CO)[nH]1. The minimum absolute atomic E-state index is 0.00128. The first kappa shape index (κ1) is 9.93. The van der Waals surface area contributed by atoms with Gasteiger partial charge in [0, 0.05) is 5.56 Å². The fourth-order valence-corrected chi connectivity index (χ4v) is 1.64. The van der Waals surface area contributed by atoms with E-state index in [1.807, 2.05) is 18.2 Å². The molecule has 0 aliphatic heterocycles. The Morgan fingerprint density at radius 3 is 2.80 bits per heavy atom. The van der Waals surface area contributed by atoms with Crippen molar-refractivity contribution in [3.63, 3.8) is 0 Å². The van der Waals surface area contributed by atoms with E-state index in [4.69, 9.17) is 5.11 Å².